The van der Waals surface area contributed by atoms with Crippen LogP contribution < -0.4 is 10.2 Å². The van der Waals surface area contributed by atoms with E-state index in [1.165, 1.54) is 5.69 Å². The van der Waals surface area contributed by atoms with Crippen LogP contribution in [0, 0.1) is 0 Å². The first-order valence-corrected chi connectivity index (χ1v) is 6.51. The Morgan fingerprint density at radius 2 is 2.06 bits per heavy atom. The zero-order valence-corrected chi connectivity index (χ0v) is 11.1. The Hall–Kier alpha value is -1.16. The fourth-order valence-corrected chi connectivity index (χ4v) is 1.75. The van der Waals surface area contributed by atoms with Crippen LogP contribution in [0.3, 0.4) is 0 Å². The molecule has 1 aromatic carbocycles. The number of nitrogens with one attached hydrogen (secondary N) is 1. The van der Waals surface area contributed by atoms with Gasteiger partial charge in [0, 0.05) is 32.2 Å². The number of amides is 1. The second-order valence-electron chi connectivity index (χ2n) is 3.93. The van der Waals surface area contributed by atoms with Crippen LogP contribution in [0.2, 0.25) is 0 Å². The lowest BCUT2D eigenvalue weighted by Gasteiger charge is -2.19. The highest BCUT2D eigenvalue weighted by Gasteiger charge is 2.01. The molecule has 0 unspecified atom stereocenters. The Morgan fingerprint density at radius 1 is 1.35 bits per heavy atom. The normalized spacial score (nSPS) is 10.0. The number of carbonyl (C=O) groups excluding carboxylic acids is 1. The number of carbonyl (C=O) groups is 1. The zero-order chi connectivity index (χ0) is 12.5. The highest BCUT2D eigenvalue weighted by Crippen LogP contribution is 2.10. The van der Waals surface area contributed by atoms with E-state index < -0.39 is 0 Å². The summed E-state index contributed by atoms with van der Waals surface area (Å²) in [6.07, 6.45) is 1.45. The lowest BCUT2D eigenvalue weighted by atomic mass is 10.3. The molecule has 0 aliphatic carbocycles. The molecule has 0 heterocycles. The highest BCUT2D eigenvalue weighted by atomic mass is 32.1. The van der Waals surface area contributed by atoms with Crippen LogP contribution >= 0.6 is 12.6 Å². The van der Waals surface area contributed by atoms with E-state index in [4.69, 9.17) is 0 Å². The molecule has 0 fully saturated rings. The quantitative estimate of drug-likeness (QED) is 0.574. The van der Waals surface area contributed by atoms with Crippen LogP contribution in [-0.4, -0.2) is 31.8 Å². The van der Waals surface area contributed by atoms with Gasteiger partial charge in [-0.2, -0.15) is 12.6 Å². The fourth-order valence-electron chi connectivity index (χ4n) is 1.55. The molecule has 0 atom stereocenters. The Kier molecular flexibility index (Phi) is 6.55. The lowest BCUT2D eigenvalue weighted by molar-refractivity contribution is -0.120. The number of benzene rings is 1. The van der Waals surface area contributed by atoms with Crippen molar-refractivity contribution in [1.29, 1.82) is 0 Å². The SMILES string of the molecule is CN(CCCNC(=O)CCS)c1ccccc1. The average Bonchev–Trinajstić information content (AvgIpc) is 2.36. The van der Waals surface area contributed by atoms with E-state index in [2.05, 4.69) is 42.0 Å². The molecule has 1 N–H and O–H groups in total. The Bertz CT molecular complexity index is 329. The molecule has 4 heteroatoms. The topological polar surface area (TPSA) is 32.3 Å². The van der Waals surface area contributed by atoms with Gasteiger partial charge in [-0.05, 0) is 24.3 Å². The van der Waals surface area contributed by atoms with Gasteiger partial charge in [0.2, 0.25) is 5.91 Å². The number of rotatable bonds is 7. The molecule has 0 aromatic heterocycles. The van der Waals surface area contributed by atoms with E-state index in [-0.39, 0.29) is 5.91 Å². The van der Waals surface area contributed by atoms with Crippen molar-refractivity contribution in [3.05, 3.63) is 30.3 Å². The molecule has 0 spiro atoms. The molecule has 17 heavy (non-hydrogen) atoms. The first kappa shape index (κ1) is 13.9. The second-order valence-corrected chi connectivity index (χ2v) is 4.38. The van der Waals surface area contributed by atoms with Crippen molar-refractivity contribution in [1.82, 2.24) is 5.32 Å². The number of nitrogens with zero attached hydrogens (tertiary/aromatic N) is 1. The lowest BCUT2D eigenvalue weighted by Crippen LogP contribution is -2.28. The van der Waals surface area contributed by atoms with E-state index >= 15 is 0 Å². The van der Waals surface area contributed by atoms with Gasteiger partial charge in [0.15, 0.2) is 0 Å². The van der Waals surface area contributed by atoms with Crippen molar-refractivity contribution in [2.75, 3.05) is 30.8 Å². The summed E-state index contributed by atoms with van der Waals surface area (Å²) in [6, 6.07) is 10.2. The van der Waals surface area contributed by atoms with E-state index in [9.17, 15) is 4.79 Å². The Labute approximate surface area is 109 Å². The summed E-state index contributed by atoms with van der Waals surface area (Å²) >= 11 is 4.02. The first-order valence-electron chi connectivity index (χ1n) is 5.88. The second kappa shape index (κ2) is 8.01. The molecule has 0 radical (unpaired) electrons. The summed E-state index contributed by atoms with van der Waals surface area (Å²) in [4.78, 5) is 13.4. The summed E-state index contributed by atoms with van der Waals surface area (Å²) in [5.74, 6) is 0.692. The predicted octanol–water partition coefficient (Wildman–Crippen LogP) is 1.95. The molecule has 1 rings (SSSR count). The van der Waals surface area contributed by atoms with Crippen LogP contribution in [0.4, 0.5) is 5.69 Å². The maximum absolute atomic E-state index is 11.2. The fraction of sp³-hybridized carbons (Fsp3) is 0.462. The largest absolute Gasteiger partial charge is 0.375 e. The molecule has 1 amide bonds. The van der Waals surface area contributed by atoms with E-state index in [1.54, 1.807) is 0 Å². The van der Waals surface area contributed by atoms with Crippen molar-refractivity contribution in [2.45, 2.75) is 12.8 Å². The first-order chi connectivity index (χ1) is 8.24. The third-order valence-electron chi connectivity index (χ3n) is 2.53. The third kappa shape index (κ3) is 5.63. The van der Waals surface area contributed by atoms with Crippen LogP contribution in [0.15, 0.2) is 30.3 Å². The minimum atomic E-state index is 0.0855. The van der Waals surface area contributed by atoms with Gasteiger partial charge in [-0.15, -0.1) is 0 Å². The summed E-state index contributed by atoms with van der Waals surface area (Å²) in [6.45, 7) is 1.66. The van der Waals surface area contributed by atoms with Gasteiger partial charge in [-0.25, -0.2) is 0 Å². The molecule has 1 aromatic rings. The zero-order valence-electron chi connectivity index (χ0n) is 10.2. The summed E-state index contributed by atoms with van der Waals surface area (Å²) in [5, 5.41) is 2.88. The van der Waals surface area contributed by atoms with Crippen molar-refractivity contribution in [3.63, 3.8) is 0 Å². The van der Waals surface area contributed by atoms with Gasteiger partial charge in [-0.3, -0.25) is 4.79 Å². The molecule has 94 valence electrons. The van der Waals surface area contributed by atoms with Crippen LogP contribution in [0.5, 0.6) is 0 Å². The summed E-state index contributed by atoms with van der Waals surface area (Å²) in [7, 11) is 2.06. The van der Waals surface area contributed by atoms with Gasteiger partial charge >= 0.3 is 0 Å². The van der Waals surface area contributed by atoms with Gasteiger partial charge in [-0.1, -0.05) is 18.2 Å². The maximum Gasteiger partial charge on any atom is 0.220 e. The number of anilines is 1. The van der Waals surface area contributed by atoms with Crippen LogP contribution in [0.1, 0.15) is 12.8 Å². The smallest absolute Gasteiger partial charge is 0.220 e. The molecule has 0 aliphatic heterocycles. The molecule has 0 aliphatic rings. The van der Waals surface area contributed by atoms with Crippen molar-refractivity contribution in [2.24, 2.45) is 0 Å². The van der Waals surface area contributed by atoms with E-state index in [0.717, 1.165) is 19.5 Å². The van der Waals surface area contributed by atoms with Crippen molar-refractivity contribution < 1.29 is 4.79 Å². The molecule has 0 saturated carbocycles. The van der Waals surface area contributed by atoms with Crippen molar-refractivity contribution >= 4 is 24.2 Å². The maximum atomic E-state index is 11.2. The van der Waals surface area contributed by atoms with Gasteiger partial charge in [0.1, 0.15) is 0 Å². The average molecular weight is 252 g/mol. The minimum absolute atomic E-state index is 0.0855. The van der Waals surface area contributed by atoms with E-state index in [1.807, 2.05) is 18.2 Å². The monoisotopic (exact) mass is 252 g/mol. The number of hydrogen-bond donors (Lipinski definition) is 2. The van der Waals surface area contributed by atoms with Crippen molar-refractivity contribution in [3.8, 4) is 0 Å². The minimum Gasteiger partial charge on any atom is -0.375 e. The number of para-hydroxylation sites is 1. The standard InChI is InChI=1S/C13H20N2OS/c1-15(12-6-3-2-4-7-12)10-5-9-14-13(16)8-11-17/h2-4,6-7,17H,5,8-11H2,1H3,(H,14,16). The summed E-state index contributed by atoms with van der Waals surface area (Å²) in [5.41, 5.74) is 1.20. The molecule has 0 bridgehead atoms. The van der Waals surface area contributed by atoms with Gasteiger partial charge in [0.25, 0.3) is 0 Å². The Balaban J connectivity index is 2.17. The Morgan fingerprint density at radius 3 is 2.71 bits per heavy atom. The van der Waals surface area contributed by atoms with E-state index in [0.29, 0.717) is 12.2 Å². The highest BCUT2D eigenvalue weighted by molar-refractivity contribution is 7.80. The van der Waals surface area contributed by atoms with Crippen LogP contribution in [0.25, 0.3) is 0 Å². The van der Waals surface area contributed by atoms with Gasteiger partial charge in [0.05, 0.1) is 0 Å². The molecule has 0 saturated heterocycles. The van der Waals surface area contributed by atoms with Gasteiger partial charge < -0.3 is 10.2 Å². The molecule has 3 nitrogen and oxygen atoms in total. The third-order valence-corrected chi connectivity index (χ3v) is 2.75. The molecular weight excluding hydrogens is 232 g/mol. The summed E-state index contributed by atoms with van der Waals surface area (Å²) < 4.78 is 0. The number of thiol groups is 1. The molecular formula is C13H20N2OS. The number of hydrogen-bond acceptors (Lipinski definition) is 3. The van der Waals surface area contributed by atoms with Crippen LogP contribution in [-0.2, 0) is 4.79 Å². The predicted molar refractivity (Wildman–Crippen MR) is 75.8 cm³/mol.